The summed E-state index contributed by atoms with van der Waals surface area (Å²) in [5.41, 5.74) is 1.57. The lowest BCUT2D eigenvalue weighted by Gasteiger charge is -2.45. The van der Waals surface area contributed by atoms with E-state index in [4.69, 9.17) is 9.84 Å². The van der Waals surface area contributed by atoms with Crippen molar-refractivity contribution >= 4 is 11.9 Å². The van der Waals surface area contributed by atoms with Crippen LogP contribution in [0.2, 0.25) is 0 Å². The standard InChI is InChI=1S/C20H32N4O4/c1-3-7-24-15(2)17(13-21-24)20(27)23-8-6-18(22-9-11-28-12-10-22)16(14-23)4-5-19(25)26/h13,16,18H,3-12,14H2,1-2H3,(H,25,26)/t16-,18+/m1/s1. The van der Waals surface area contributed by atoms with Crippen LogP contribution < -0.4 is 0 Å². The van der Waals surface area contributed by atoms with Crippen molar-refractivity contribution in [2.45, 2.75) is 52.1 Å². The molecule has 1 N–H and O–H groups in total. The Morgan fingerprint density at radius 1 is 1.29 bits per heavy atom. The second-order valence-corrected chi connectivity index (χ2v) is 7.81. The number of aromatic nitrogens is 2. The van der Waals surface area contributed by atoms with Crippen LogP contribution in [0.4, 0.5) is 0 Å². The number of rotatable bonds is 7. The minimum atomic E-state index is -0.777. The first-order valence-corrected chi connectivity index (χ1v) is 10.4. The van der Waals surface area contributed by atoms with Gasteiger partial charge in [0.1, 0.15) is 0 Å². The number of nitrogens with zero attached hydrogens (tertiary/aromatic N) is 4. The number of hydrogen-bond donors (Lipinski definition) is 1. The van der Waals surface area contributed by atoms with Crippen molar-refractivity contribution in [3.8, 4) is 0 Å². The Labute approximate surface area is 166 Å². The summed E-state index contributed by atoms with van der Waals surface area (Å²) in [7, 11) is 0. The molecule has 3 rings (SSSR count). The lowest BCUT2D eigenvalue weighted by molar-refractivity contribution is -0.137. The zero-order chi connectivity index (χ0) is 20.1. The first-order chi connectivity index (χ1) is 13.5. The van der Waals surface area contributed by atoms with E-state index in [1.54, 1.807) is 6.20 Å². The molecule has 1 amide bonds. The normalized spacial score (nSPS) is 23.7. The molecule has 1 aromatic rings. The molecule has 2 atom stereocenters. The molecule has 0 bridgehead atoms. The van der Waals surface area contributed by atoms with Crippen LogP contribution in [-0.4, -0.2) is 82.0 Å². The second kappa shape index (κ2) is 9.52. The van der Waals surface area contributed by atoms with Crippen LogP contribution in [0, 0.1) is 12.8 Å². The number of ether oxygens (including phenoxy) is 1. The zero-order valence-corrected chi connectivity index (χ0v) is 17.0. The molecule has 28 heavy (non-hydrogen) atoms. The average Bonchev–Trinajstić information content (AvgIpc) is 3.07. The van der Waals surface area contributed by atoms with E-state index in [-0.39, 0.29) is 18.2 Å². The fourth-order valence-corrected chi connectivity index (χ4v) is 4.45. The van der Waals surface area contributed by atoms with Crippen LogP contribution in [0.25, 0.3) is 0 Å². The molecule has 0 spiro atoms. The topological polar surface area (TPSA) is 87.9 Å². The molecule has 2 saturated heterocycles. The molecule has 1 aromatic heterocycles. The first-order valence-electron chi connectivity index (χ1n) is 10.4. The second-order valence-electron chi connectivity index (χ2n) is 7.81. The smallest absolute Gasteiger partial charge is 0.303 e. The molecule has 2 fully saturated rings. The van der Waals surface area contributed by atoms with Gasteiger partial charge in [0.05, 0.1) is 25.0 Å². The van der Waals surface area contributed by atoms with Gasteiger partial charge in [-0.25, -0.2) is 0 Å². The SMILES string of the molecule is CCCn1ncc(C(=O)N2CC[C@H](N3CCOCC3)[C@H](CCC(=O)O)C2)c1C. The Bertz CT molecular complexity index is 684. The molecule has 8 nitrogen and oxygen atoms in total. The summed E-state index contributed by atoms with van der Waals surface area (Å²) in [6, 6.07) is 0.316. The van der Waals surface area contributed by atoms with Gasteiger partial charge in [0.2, 0.25) is 0 Å². The Morgan fingerprint density at radius 3 is 2.71 bits per heavy atom. The van der Waals surface area contributed by atoms with Gasteiger partial charge in [0.25, 0.3) is 5.91 Å². The van der Waals surface area contributed by atoms with E-state index < -0.39 is 5.97 Å². The highest BCUT2D eigenvalue weighted by atomic mass is 16.5. The van der Waals surface area contributed by atoms with Crippen LogP contribution in [0.3, 0.4) is 0 Å². The third kappa shape index (κ3) is 4.72. The van der Waals surface area contributed by atoms with E-state index in [1.165, 1.54) is 0 Å². The summed E-state index contributed by atoms with van der Waals surface area (Å²) >= 11 is 0. The van der Waals surface area contributed by atoms with Crippen molar-refractivity contribution in [1.82, 2.24) is 19.6 Å². The molecule has 0 saturated carbocycles. The molecule has 8 heteroatoms. The number of piperidine rings is 1. The van der Waals surface area contributed by atoms with E-state index in [1.807, 2.05) is 16.5 Å². The summed E-state index contributed by atoms with van der Waals surface area (Å²) in [4.78, 5) is 28.6. The van der Waals surface area contributed by atoms with Crippen LogP contribution in [-0.2, 0) is 16.1 Å². The van der Waals surface area contributed by atoms with Gasteiger partial charge in [-0.05, 0) is 32.1 Å². The summed E-state index contributed by atoms with van der Waals surface area (Å²) in [5.74, 6) is -0.598. The number of hydrogen-bond acceptors (Lipinski definition) is 5. The maximum atomic E-state index is 13.1. The highest BCUT2D eigenvalue weighted by Gasteiger charge is 2.36. The summed E-state index contributed by atoms with van der Waals surface area (Å²) in [5, 5.41) is 13.5. The number of carbonyl (C=O) groups is 2. The van der Waals surface area contributed by atoms with E-state index in [2.05, 4.69) is 16.9 Å². The number of morpholine rings is 1. The lowest BCUT2D eigenvalue weighted by atomic mass is 9.86. The van der Waals surface area contributed by atoms with Crippen molar-refractivity contribution in [2.75, 3.05) is 39.4 Å². The van der Waals surface area contributed by atoms with Crippen LogP contribution in [0.1, 0.15) is 48.7 Å². The van der Waals surface area contributed by atoms with Gasteiger partial charge >= 0.3 is 5.97 Å². The molecular formula is C20H32N4O4. The monoisotopic (exact) mass is 392 g/mol. The summed E-state index contributed by atoms with van der Waals surface area (Å²) in [6.07, 6.45) is 4.25. The van der Waals surface area contributed by atoms with Gasteiger partial charge < -0.3 is 14.7 Å². The van der Waals surface area contributed by atoms with Crippen molar-refractivity contribution in [1.29, 1.82) is 0 Å². The van der Waals surface area contributed by atoms with Gasteiger partial charge in [-0.2, -0.15) is 5.10 Å². The highest BCUT2D eigenvalue weighted by molar-refractivity contribution is 5.95. The predicted molar refractivity (Wildman–Crippen MR) is 104 cm³/mol. The minimum absolute atomic E-state index is 0.0144. The zero-order valence-electron chi connectivity index (χ0n) is 17.0. The van der Waals surface area contributed by atoms with Crippen molar-refractivity contribution in [2.24, 2.45) is 5.92 Å². The fourth-order valence-electron chi connectivity index (χ4n) is 4.45. The number of aryl methyl sites for hydroxylation is 1. The molecule has 156 valence electrons. The molecule has 0 aromatic carbocycles. The van der Waals surface area contributed by atoms with Gasteiger partial charge in [-0.1, -0.05) is 6.92 Å². The number of likely N-dealkylation sites (tertiary alicyclic amines) is 1. The Kier molecular flexibility index (Phi) is 7.07. The largest absolute Gasteiger partial charge is 0.481 e. The number of amides is 1. The Balaban J connectivity index is 1.71. The van der Waals surface area contributed by atoms with Crippen molar-refractivity contribution in [3.63, 3.8) is 0 Å². The fraction of sp³-hybridized carbons (Fsp3) is 0.750. The third-order valence-electron chi connectivity index (χ3n) is 5.99. The predicted octanol–water partition coefficient (Wildman–Crippen LogP) is 1.63. The lowest BCUT2D eigenvalue weighted by Crippen LogP contribution is -2.55. The minimum Gasteiger partial charge on any atom is -0.481 e. The highest BCUT2D eigenvalue weighted by Crippen LogP contribution is 2.28. The van der Waals surface area contributed by atoms with Gasteiger partial charge in [-0.15, -0.1) is 0 Å². The van der Waals surface area contributed by atoms with E-state index >= 15 is 0 Å². The van der Waals surface area contributed by atoms with Crippen LogP contribution in [0.15, 0.2) is 6.20 Å². The first kappa shape index (κ1) is 20.8. The molecule has 0 radical (unpaired) electrons. The van der Waals surface area contributed by atoms with Crippen LogP contribution in [0.5, 0.6) is 0 Å². The quantitative estimate of drug-likeness (QED) is 0.759. The molecule has 0 aliphatic carbocycles. The van der Waals surface area contributed by atoms with E-state index in [0.717, 1.165) is 51.4 Å². The van der Waals surface area contributed by atoms with Gasteiger partial charge in [0.15, 0.2) is 0 Å². The van der Waals surface area contributed by atoms with Crippen molar-refractivity contribution in [3.05, 3.63) is 17.5 Å². The molecule has 2 aliphatic heterocycles. The summed E-state index contributed by atoms with van der Waals surface area (Å²) < 4.78 is 7.35. The number of carbonyl (C=O) groups excluding carboxylic acids is 1. The molecule has 3 heterocycles. The number of carboxylic acid groups (broad SMARTS) is 1. The molecule has 2 aliphatic rings. The maximum absolute atomic E-state index is 13.1. The van der Waals surface area contributed by atoms with E-state index in [9.17, 15) is 9.59 Å². The van der Waals surface area contributed by atoms with Gasteiger partial charge in [-0.3, -0.25) is 19.2 Å². The number of aliphatic carboxylic acids is 1. The Morgan fingerprint density at radius 2 is 2.04 bits per heavy atom. The third-order valence-corrected chi connectivity index (χ3v) is 5.99. The molecule has 0 unspecified atom stereocenters. The molecular weight excluding hydrogens is 360 g/mol. The Hall–Kier alpha value is -1.93. The van der Waals surface area contributed by atoms with E-state index in [0.29, 0.717) is 31.1 Å². The van der Waals surface area contributed by atoms with Gasteiger partial charge in [0, 0.05) is 50.9 Å². The number of carboxylic acids is 1. The van der Waals surface area contributed by atoms with Crippen molar-refractivity contribution < 1.29 is 19.4 Å². The van der Waals surface area contributed by atoms with Crippen LogP contribution >= 0.6 is 0 Å². The average molecular weight is 393 g/mol. The maximum Gasteiger partial charge on any atom is 0.303 e. The summed E-state index contributed by atoms with van der Waals surface area (Å²) in [6.45, 7) is 9.34.